The summed E-state index contributed by atoms with van der Waals surface area (Å²) in [6.07, 6.45) is 0. The van der Waals surface area contributed by atoms with Crippen molar-refractivity contribution in [3.8, 4) is 61.8 Å². The number of para-hydroxylation sites is 1. The zero-order chi connectivity index (χ0) is 36.8. The van der Waals surface area contributed by atoms with E-state index in [9.17, 15) is 0 Å². The van der Waals surface area contributed by atoms with E-state index < -0.39 is 0 Å². The lowest BCUT2D eigenvalue weighted by Gasteiger charge is -2.30. The van der Waals surface area contributed by atoms with Gasteiger partial charge in [-0.05, 0) is 79.9 Å². The molecule has 1 spiro atoms. The van der Waals surface area contributed by atoms with E-state index in [0.29, 0.717) is 5.82 Å². The lowest BCUT2D eigenvalue weighted by Crippen LogP contribution is -2.25. The smallest absolute Gasteiger partial charge is 0.162 e. The minimum atomic E-state index is -0.380. The maximum absolute atomic E-state index is 5.24. The molecule has 0 atom stereocenters. The summed E-state index contributed by atoms with van der Waals surface area (Å²) < 4.78 is 2.30. The molecule has 2 aliphatic carbocycles. The summed E-state index contributed by atoms with van der Waals surface area (Å²) in [4.78, 5) is 10.3. The fraction of sp³-hybridized carbons (Fsp3) is 0.0189. The summed E-state index contributed by atoms with van der Waals surface area (Å²) >= 11 is 0. The third-order valence-electron chi connectivity index (χ3n) is 12.0. The molecule has 0 radical (unpaired) electrons. The van der Waals surface area contributed by atoms with Gasteiger partial charge in [0.25, 0.3) is 0 Å². The van der Waals surface area contributed by atoms with Gasteiger partial charge in [0.15, 0.2) is 5.82 Å². The van der Waals surface area contributed by atoms with E-state index in [0.717, 1.165) is 33.7 Å². The monoisotopic (exact) mass is 711 g/mol. The number of rotatable bonds is 4. The molecule has 0 aliphatic heterocycles. The van der Waals surface area contributed by atoms with Gasteiger partial charge in [-0.1, -0.05) is 170 Å². The first-order valence-corrected chi connectivity index (χ1v) is 19.2. The van der Waals surface area contributed by atoms with E-state index in [1.807, 2.05) is 24.3 Å². The number of aromatic nitrogens is 3. The molecule has 0 bridgehead atoms. The summed E-state index contributed by atoms with van der Waals surface area (Å²) in [5.74, 6) is 1.54. The van der Waals surface area contributed by atoms with Crippen LogP contribution >= 0.6 is 0 Å². The Labute approximate surface area is 324 Å². The Morgan fingerprint density at radius 1 is 0.339 bits per heavy atom. The first-order chi connectivity index (χ1) is 27.8. The molecular weight excluding hydrogens is 679 g/mol. The molecule has 3 heteroatoms. The van der Waals surface area contributed by atoms with Gasteiger partial charge in [0.2, 0.25) is 0 Å². The van der Waals surface area contributed by atoms with E-state index in [4.69, 9.17) is 9.97 Å². The Kier molecular flexibility index (Phi) is 6.55. The SMILES string of the molecule is c1ccc(-c2cc(-n3c4ccccc4c4cc(-c5ccc6c(c5)C5(c7ccccc7-c7ccccc75)c5ccccc5-6)ccc43)nc(-c3ccccc3)n2)cc1. The summed E-state index contributed by atoms with van der Waals surface area (Å²) in [5.41, 5.74) is 17.8. The van der Waals surface area contributed by atoms with E-state index in [1.54, 1.807) is 0 Å². The topological polar surface area (TPSA) is 30.7 Å². The highest BCUT2D eigenvalue weighted by Gasteiger charge is 2.51. The molecule has 0 saturated heterocycles. The van der Waals surface area contributed by atoms with Gasteiger partial charge in [-0.3, -0.25) is 4.57 Å². The van der Waals surface area contributed by atoms with Crippen LogP contribution in [0.25, 0.3) is 83.6 Å². The molecular formula is C53H33N3. The molecule has 0 unspecified atom stereocenters. The zero-order valence-corrected chi connectivity index (χ0v) is 30.4. The summed E-state index contributed by atoms with van der Waals surface area (Å²) in [6.45, 7) is 0. The number of hydrogen-bond donors (Lipinski definition) is 0. The molecule has 0 saturated carbocycles. The van der Waals surface area contributed by atoms with E-state index in [2.05, 4.69) is 180 Å². The van der Waals surface area contributed by atoms with Gasteiger partial charge < -0.3 is 0 Å². The first-order valence-electron chi connectivity index (χ1n) is 19.2. The minimum Gasteiger partial charge on any atom is -0.294 e. The fourth-order valence-corrected chi connectivity index (χ4v) is 9.70. The summed E-state index contributed by atoms with van der Waals surface area (Å²) in [5, 5.41) is 2.38. The van der Waals surface area contributed by atoms with E-state index >= 15 is 0 Å². The third kappa shape index (κ3) is 4.28. The molecule has 2 heterocycles. The Morgan fingerprint density at radius 2 is 0.857 bits per heavy atom. The Hall–Kier alpha value is -7.36. The molecule has 3 nitrogen and oxygen atoms in total. The van der Waals surface area contributed by atoms with Crippen LogP contribution < -0.4 is 0 Å². The minimum absolute atomic E-state index is 0.380. The van der Waals surface area contributed by atoms with Crippen LogP contribution in [0.5, 0.6) is 0 Å². The molecule has 0 fully saturated rings. The van der Waals surface area contributed by atoms with Crippen molar-refractivity contribution in [2.24, 2.45) is 0 Å². The van der Waals surface area contributed by atoms with Crippen molar-refractivity contribution in [1.29, 1.82) is 0 Å². The predicted molar refractivity (Wildman–Crippen MR) is 229 cm³/mol. The van der Waals surface area contributed by atoms with E-state index in [1.165, 1.54) is 66.4 Å². The van der Waals surface area contributed by atoms with Crippen LogP contribution in [0.3, 0.4) is 0 Å². The Morgan fingerprint density at radius 3 is 1.54 bits per heavy atom. The highest BCUT2D eigenvalue weighted by atomic mass is 15.1. The summed E-state index contributed by atoms with van der Waals surface area (Å²) in [6, 6.07) is 72.5. The van der Waals surface area contributed by atoms with Crippen LogP contribution in [-0.2, 0) is 5.41 Å². The van der Waals surface area contributed by atoms with E-state index in [-0.39, 0.29) is 5.41 Å². The number of hydrogen-bond acceptors (Lipinski definition) is 2. The van der Waals surface area contributed by atoms with Crippen LogP contribution in [0.1, 0.15) is 22.3 Å². The number of fused-ring (bicyclic) bond motifs is 13. The van der Waals surface area contributed by atoms with Crippen LogP contribution in [0.15, 0.2) is 200 Å². The molecule has 0 amide bonds. The average molecular weight is 712 g/mol. The molecule has 10 aromatic rings. The van der Waals surface area contributed by atoms with Crippen molar-refractivity contribution in [2.45, 2.75) is 5.41 Å². The molecule has 2 aliphatic rings. The Bertz CT molecular complexity index is 3070. The molecule has 2 aromatic heterocycles. The largest absolute Gasteiger partial charge is 0.294 e. The molecule has 8 aromatic carbocycles. The second-order valence-electron chi connectivity index (χ2n) is 14.9. The Balaban J connectivity index is 1.07. The highest BCUT2D eigenvalue weighted by molar-refractivity contribution is 6.10. The van der Waals surface area contributed by atoms with Gasteiger partial charge in [0.1, 0.15) is 5.82 Å². The fourth-order valence-electron chi connectivity index (χ4n) is 9.70. The number of nitrogens with zero attached hydrogens (tertiary/aromatic N) is 3. The van der Waals surface area contributed by atoms with Crippen LogP contribution in [0.4, 0.5) is 0 Å². The van der Waals surface area contributed by atoms with Crippen molar-refractivity contribution in [3.05, 3.63) is 222 Å². The van der Waals surface area contributed by atoms with Crippen molar-refractivity contribution < 1.29 is 0 Å². The van der Waals surface area contributed by atoms with Crippen LogP contribution in [-0.4, -0.2) is 14.5 Å². The second kappa shape index (κ2) is 11.8. The zero-order valence-electron chi connectivity index (χ0n) is 30.4. The number of benzene rings is 8. The van der Waals surface area contributed by atoms with Gasteiger partial charge in [-0.2, -0.15) is 0 Å². The van der Waals surface area contributed by atoms with Crippen molar-refractivity contribution in [3.63, 3.8) is 0 Å². The normalized spacial score (nSPS) is 13.1. The van der Waals surface area contributed by atoms with Gasteiger partial charge >= 0.3 is 0 Å². The predicted octanol–water partition coefficient (Wildman–Crippen LogP) is 12.9. The average Bonchev–Trinajstić information content (AvgIpc) is 3.88. The van der Waals surface area contributed by atoms with Crippen molar-refractivity contribution >= 4 is 21.8 Å². The molecule has 12 rings (SSSR count). The highest BCUT2D eigenvalue weighted by Crippen LogP contribution is 2.63. The lowest BCUT2D eigenvalue weighted by atomic mass is 9.70. The van der Waals surface area contributed by atoms with Gasteiger partial charge in [-0.25, -0.2) is 9.97 Å². The quantitative estimate of drug-likeness (QED) is 0.182. The van der Waals surface area contributed by atoms with Crippen molar-refractivity contribution in [1.82, 2.24) is 14.5 Å². The molecule has 0 N–H and O–H groups in total. The molecule has 260 valence electrons. The van der Waals surface area contributed by atoms with Gasteiger partial charge in [-0.15, -0.1) is 0 Å². The van der Waals surface area contributed by atoms with Gasteiger partial charge in [0.05, 0.1) is 22.1 Å². The standard InChI is InChI=1S/C53H33N3/c1-3-15-34(16-4-1)48-33-51(55-52(54-48)35-17-5-2-6-18-35)56-49-26-14-10-22-42(49)43-31-36(28-30-50(43)56)37-27-29-41-40-21-9-13-25-46(40)53(47(41)32-37)44-23-11-7-19-38(44)39-20-8-12-24-45(39)53/h1-33H. The third-order valence-corrected chi connectivity index (χ3v) is 12.0. The van der Waals surface area contributed by atoms with Crippen molar-refractivity contribution in [2.75, 3.05) is 0 Å². The first kappa shape index (κ1) is 31.0. The second-order valence-corrected chi connectivity index (χ2v) is 14.9. The molecule has 56 heavy (non-hydrogen) atoms. The van der Waals surface area contributed by atoms with Crippen LogP contribution in [0, 0.1) is 0 Å². The maximum Gasteiger partial charge on any atom is 0.162 e. The summed E-state index contributed by atoms with van der Waals surface area (Å²) in [7, 11) is 0. The van der Waals surface area contributed by atoms with Gasteiger partial charge in [0, 0.05) is 28.0 Å². The maximum atomic E-state index is 5.24. The lowest BCUT2D eigenvalue weighted by molar-refractivity contribution is 0.794. The van der Waals surface area contributed by atoms with Crippen LogP contribution in [0.2, 0.25) is 0 Å².